The van der Waals surface area contributed by atoms with Gasteiger partial charge in [-0.3, -0.25) is 14.9 Å². The summed E-state index contributed by atoms with van der Waals surface area (Å²) in [6, 6.07) is 4.14. The quantitative estimate of drug-likeness (QED) is 0.193. The lowest BCUT2D eigenvalue weighted by atomic mass is 10.2. The van der Waals surface area contributed by atoms with E-state index in [1.54, 1.807) is 22.6 Å². The van der Waals surface area contributed by atoms with E-state index < -0.39 is 10.8 Å². The zero-order chi connectivity index (χ0) is 23.3. The molecule has 0 aliphatic rings. The fourth-order valence-corrected chi connectivity index (χ4v) is 3.79. The van der Waals surface area contributed by atoms with Gasteiger partial charge in [-0.1, -0.05) is 30.3 Å². The Morgan fingerprint density at radius 1 is 1.34 bits per heavy atom. The summed E-state index contributed by atoms with van der Waals surface area (Å²) in [7, 11) is 0. The number of fused-ring (bicyclic) bond motifs is 1. The number of hydrogen-bond donors (Lipinski definition) is 2. The molecule has 1 aromatic carbocycles. The molecule has 10 nitrogen and oxygen atoms in total. The average molecular weight is 478 g/mol. The van der Waals surface area contributed by atoms with Crippen LogP contribution in [0.15, 0.2) is 29.6 Å². The first-order valence-corrected chi connectivity index (χ1v) is 11.5. The maximum Gasteiger partial charge on any atom is 0.288 e. The highest BCUT2D eigenvalue weighted by Gasteiger charge is 2.17. The number of benzene rings is 1. The summed E-state index contributed by atoms with van der Waals surface area (Å²) >= 11 is 7.39. The van der Waals surface area contributed by atoms with E-state index in [1.807, 2.05) is 13.8 Å². The fourth-order valence-electron chi connectivity index (χ4n) is 2.91. The molecule has 0 unspecified atom stereocenters. The van der Waals surface area contributed by atoms with Crippen LogP contribution in [0.5, 0.6) is 0 Å². The zero-order valence-corrected chi connectivity index (χ0v) is 19.5. The van der Waals surface area contributed by atoms with Gasteiger partial charge >= 0.3 is 0 Å². The van der Waals surface area contributed by atoms with Crippen LogP contribution in [0.25, 0.3) is 11.0 Å². The van der Waals surface area contributed by atoms with E-state index in [9.17, 15) is 14.9 Å². The van der Waals surface area contributed by atoms with Gasteiger partial charge in [-0.15, -0.1) is 0 Å². The largest absolute Gasteiger partial charge is 0.367 e. The summed E-state index contributed by atoms with van der Waals surface area (Å²) in [5.41, 5.74) is 0.532. The van der Waals surface area contributed by atoms with Gasteiger partial charge in [0.15, 0.2) is 10.8 Å². The zero-order valence-electron chi connectivity index (χ0n) is 18.0. The molecule has 32 heavy (non-hydrogen) atoms. The first-order valence-electron chi connectivity index (χ1n) is 10.1. The molecule has 2 N–H and O–H groups in total. The topological polar surface area (TPSA) is 128 Å². The van der Waals surface area contributed by atoms with Crippen LogP contribution in [0.4, 0.5) is 11.5 Å². The highest BCUT2D eigenvalue weighted by Crippen LogP contribution is 2.26. The SMILES string of the molecule is CCCSc1nc(NC(C)C)c2cnn(CCNC(=O)c3ccc(Cl)c([N+](=O)[O-])c3)c2n1. The van der Waals surface area contributed by atoms with Gasteiger partial charge in [-0.2, -0.15) is 5.10 Å². The van der Waals surface area contributed by atoms with Gasteiger partial charge in [0, 0.05) is 30.0 Å². The second-order valence-corrected chi connectivity index (χ2v) is 8.76. The van der Waals surface area contributed by atoms with Gasteiger partial charge in [-0.25, -0.2) is 14.6 Å². The minimum atomic E-state index is -0.619. The number of nitro benzene ring substituents is 1. The minimum absolute atomic E-state index is 0.0168. The Balaban J connectivity index is 1.75. The summed E-state index contributed by atoms with van der Waals surface area (Å²) in [6.07, 6.45) is 2.71. The van der Waals surface area contributed by atoms with Crippen molar-refractivity contribution in [2.75, 3.05) is 17.6 Å². The minimum Gasteiger partial charge on any atom is -0.367 e. The van der Waals surface area contributed by atoms with E-state index in [0.717, 1.165) is 29.4 Å². The predicted octanol–water partition coefficient (Wildman–Crippen LogP) is 4.14. The van der Waals surface area contributed by atoms with Gasteiger partial charge in [0.1, 0.15) is 10.8 Å². The number of carbonyl (C=O) groups is 1. The third-order valence-electron chi connectivity index (χ3n) is 4.35. The van der Waals surface area contributed by atoms with E-state index in [0.29, 0.717) is 17.3 Å². The Morgan fingerprint density at radius 3 is 2.81 bits per heavy atom. The van der Waals surface area contributed by atoms with Crippen LogP contribution in [-0.4, -0.2) is 48.9 Å². The molecule has 3 aromatic rings. The molecule has 3 rings (SSSR count). The smallest absolute Gasteiger partial charge is 0.288 e. The second kappa shape index (κ2) is 10.6. The average Bonchev–Trinajstić information content (AvgIpc) is 3.15. The number of anilines is 1. The lowest BCUT2D eigenvalue weighted by Crippen LogP contribution is -2.27. The van der Waals surface area contributed by atoms with E-state index in [2.05, 4.69) is 32.6 Å². The van der Waals surface area contributed by atoms with Crippen LogP contribution in [0, 0.1) is 10.1 Å². The van der Waals surface area contributed by atoms with Crippen LogP contribution in [0.1, 0.15) is 37.6 Å². The van der Waals surface area contributed by atoms with Crippen molar-refractivity contribution in [2.45, 2.75) is 44.9 Å². The molecule has 2 aromatic heterocycles. The molecule has 0 saturated carbocycles. The van der Waals surface area contributed by atoms with Crippen LogP contribution in [0.2, 0.25) is 5.02 Å². The summed E-state index contributed by atoms with van der Waals surface area (Å²) in [5, 5.41) is 23.0. The number of hydrogen-bond acceptors (Lipinski definition) is 8. The van der Waals surface area contributed by atoms with E-state index in [4.69, 9.17) is 11.6 Å². The maximum atomic E-state index is 12.4. The normalized spacial score (nSPS) is 11.2. The lowest BCUT2D eigenvalue weighted by Gasteiger charge is -2.12. The van der Waals surface area contributed by atoms with Crippen molar-refractivity contribution in [1.29, 1.82) is 0 Å². The Labute approximate surface area is 194 Å². The van der Waals surface area contributed by atoms with E-state index >= 15 is 0 Å². The second-order valence-electron chi connectivity index (χ2n) is 7.29. The molecule has 0 spiro atoms. The molecule has 1 amide bonds. The number of aromatic nitrogens is 4. The van der Waals surface area contributed by atoms with Crippen molar-refractivity contribution in [3.63, 3.8) is 0 Å². The lowest BCUT2D eigenvalue weighted by molar-refractivity contribution is -0.384. The van der Waals surface area contributed by atoms with Crippen molar-refractivity contribution >= 4 is 51.8 Å². The summed E-state index contributed by atoms with van der Waals surface area (Å²) < 4.78 is 1.71. The fraction of sp³-hybridized carbons (Fsp3) is 0.400. The molecule has 2 heterocycles. The Kier molecular flexibility index (Phi) is 7.86. The molecule has 0 fully saturated rings. The Bertz CT molecular complexity index is 1140. The number of nitrogens with zero attached hydrogens (tertiary/aromatic N) is 5. The highest BCUT2D eigenvalue weighted by molar-refractivity contribution is 7.99. The van der Waals surface area contributed by atoms with Crippen molar-refractivity contribution < 1.29 is 9.72 Å². The highest BCUT2D eigenvalue weighted by atomic mass is 35.5. The van der Waals surface area contributed by atoms with Crippen molar-refractivity contribution in [3.05, 3.63) is 45.1 Å². The molecule has 0 saturated heterocycles. The third-order valence-corrected chi connectivity index (χ3v) is 5.72. The molecule has 12 heteroatoms. The van der Waals surface area contributed by atoms with Gasteiger partial charge in [0.05, 0.1) is 23.1 Å². The monoisotopic (exact) mass is 477 g/mol. The number of carbonyl (C=O) groups excluding carboxylic acids is 1. The Hall–Kier alpha value is -2.92. The maximum absolute atomic E-state index is 12.4. The molecule has 0 aliphatic carbocycles. The summed E-state index contributed by atoms with van der Waals surface area (Å²) in [6.45, 7) is 6.81. The number of nitro groups is 1. The first-order chi connectivity index (χ1) is 15.3. The van der Waals surface area contributed by atoms with Crippen LogP contribution >= 0.6 is 23.4 Å². The molecular formula is C20H24ClN7O3S. The van der Waals surface area contributed by atoms with Gasteiger partial charge < -0.3 is 10.6 Å². The Morgan fingerprint density at radius 2 is 2.12 bits per heavy atom. The van der Waals surface area contributed by atoms with Gasteiger partial charge in [0.2, 0.25) is 0 Å². The molecule has 0 bridgehead atoms. The number of halogens is 1. The molecule has 0 aliphatic heterocycles. The van der Waals surface area contributed by atoms with Crippen LogP contribution < -0.4 is 10.6 Å². The van der Waals surface area contributed by atoms with Crippen molar-refractivity contribution in [3.8, 4) is 0 Å². The van der Waals surface area contributed by atoms with Gasteiger partial charge in [0.25, 0.3) is 11.6 Å². The van der Waals surface area contributed by atoms with Crippen LogP contribution in [0.3, 0.4) is 0 Å². The van der Waals surface area contributed by atoms with E-state index in [1.165, 1.54) is 12.1 Å². The van der Waals surface area contributed by atoms with Gasteiger partial charge in [-0.05, 0) is 32.4 Å². The molecular weight excluding hydrogens is 454 g/mol. The van der Waals surface area contributed by atoms with Crippen LogP contribution in [-0.2, 0) is 6.54 Å². The number of amides is 1. The standard InChI is InChI=1S/C20H24ClN7O3S/c1-4-9-32-20-25-17(24-12(2)3)14-11-23-27(18(14)26-20)8-7-22-19(29)13-5-6-15(21)16(10-13)28(30)31/h5-6,10-12H,4,7-9H2,1-3H3,(H,22,29)(H,24,25,26). The van der Waals surface area contributed by atoms with Crippen molar-refractivity contribution in [2.24, 2.45) is 0 Å². The summed E-state index contributed by atoms with van der Waals surface area (Å²) in [4.78, 5) is 32.1. The third kappa shape index (κ3) is 5.65. The van der Waals surface area contributed by atoms with Crippen molar-refractivity contribution in [1.82, 2.24) is 25.1 Å². The number of thioether (sulfide) groups is 1. The molecule has 170 valence electrons. The first kappa shape index (κ1) is 23.7. The molecule has 0 radical (unpaired) electrons. The predicted molar refractivity (Wildman–Crippen MR) is 126 cm³/mol. The molecule has 0 atom stereocenters. The number of nitrogens with one attached hydrogen (secondary N) is 2. The number of rotatable bonds is 10. The summed E-state index contributed by atoms with van der Waals surface area (Å²) in [5.74, 6) is 1.20. The van der Waals surface area contributed by atoms with E-state index in [-0.39, 0.29) is 28.9 Å².